The van der Waals surface area contributed by atoms with E-state index in [1.54, 1.807) is 5.70 Å². The molecule has 0 amide bonds. The average Bonchev–Trinajstić information content (AvgIpc) is 3.56. The predicted octanol–water partition coefficient (Wildman–Crippen LogP) is 10.6. The van der Waals surface area contributed by atoms with E-state index >= 15 is 0 Å². The normalized spacial score (nSPS) is 46.6. The summed E-state index contributed by atoms with van der Waals surface area (Å²) in [5.41, 5.74) is 5.89. The van der Waals surface area contributed by atoms with Crippen molar-refractivity contribution in [3.8, 4) is 0 Å². The van der Waals surface area contributed by atoms with Gasteiger partial charge in [-0.25, -0.2) is 0 Å². The summed E-state index contributed by atoms with van der Waals surface area (Å²) in [4.78, 5) is 3.02. The van der Waals surface area contributed by atoms with Crippen LogP contribution in [0.3, 0.4) is 0 Å². The molecular formula is C45H62N2. The van der Waals surface area contributed by atoms with Crippen LogP contribution in [-0.4, -0.2) is 29.1 Å². The third-order valence-electron chi connectivity index (χ3n) is 14.9. The summed E-state index contributed by atoms with van der Waals surface area (Å²) in [6.45, 7) is 4.85. The first kappa shape index (κ1) is 31.0. The van der Waals surface area contributed by atoms with Gasteiger partial charge in [-0.1, -0.05) is 91.8 Å². The first-order valence-corrected chi connectivity index (χ1v) is 20.5. The van der Waals surface area contributed by atoms with Gasteiger partial charge in [-0.05, 0) is 150 Å². The van der Waals surface area contributed by atoms with Gasteiger partial charge in [0.15, 0.2) is 0 Å². The summed E-state index contributed by atoms with van der Waals surface area (Å²) < 4.78 is 0. The molecule has 0 bridgehead atoms. The van der Waals surface area contributed by atoms with Crippen LogP contribution < -0.4 is 5.32 Å². The first-order chi connectivity index (χ1) is 23.1. The molecule has 47 heavy (non-hydrogen) atoms. The van der Waals surface area contributed by atoms with E-state index in [1.807, 2.05) is 11.1 Å². The lowest BCUT2D eigenvalue weighted by atomic mass is 9.58. The number of nitrogens with one attached hydrogen (secondary N) is 1. The summed E-state index contributed by atoms with van der Waals surface area (Å²) in [5, 5.41) is 4.23. The molecule has 0 aromatic carbocycles. The molecule has 252 valence electrons. The van der Waals surface area contributed by atoms with Crippen molar-refractivity contribution < 1.29 is 0 Å². The third kappa shape index (κ3) is 5.20. The number of nitrogens with zero attached hydrogens (tertiary/aromatic N) is 1. The molecule has 0 saturated heterocycles. The standard InChI is InChI=1S/C45H62N2/c1-30-12-10-14-32(26-30)46-33-22-24-39-40-25-23-36(47(34-15-4-3-5-16-34)35-17-11-13-31(2)27-35)29-44(40)45(43(39)28-33)41-20-8-6-18-37(41)38-19-7-9-21-42(38)45/h10-13,15,20-25,30-33,35-40,43-44,46H,3-9,14,16-19,26-29H2,1-2H3/t30-,31?,32?,33?,35?,36?,37?,38?,39?,40?,43?,44?,45?/m0/s1. The van der Waals surface area contributed by atoms with Gasteiger partial charge < -0.3 is 10.2 Å². The molecule has 9 aliphatic carbocycles. The second kappa shape index (κ2) is 12.7. The van der Waals surface area contributed by atoms with E-state index in [0.717, 1.165) is 23.7 Å². The number of allylic oxidation sites excluding steroid dienone is 10. The lowest BCUT2D eigenvalue weighted by Gasteiger charge is -2.49. The van der Waals surface area contributed by atoms with Crippen molar-refractivity contribution >= 4 is 0 Å². The Morgan fingerprint density at radius 2 is 1.34 bits per heavy atom. The lowest BCUT2D eigenvalue weighted by molar-refractivity contribution is 0.116. The van der Waals surface area contributed by atoms with Gasteiger partial charge >= 0.3 is 0 Å². The minimum absolute atomic E-state index is 0.283. The lowest BCUT2D eigenvalue weighted by Crippen LogP contribution is -2.48. The molecular weight excluding hydrogens is 569 g/mol. The summed E-state index contributed by atoms with van der Waals surface area (Å²) in [6, 6.07) is 2.33. The molecule has 2 nitrogen and oxygen atoms in total. The van der Waals surface area contributed by atoms with Crippen LogP contribution >= 0.6 is 0 Å². The van der Waals surface area contributed by atoms with Gasteiger partial charge in [0.2, 0.25) is 0 Å². The molecule has 2 saturated carbocycles. The maximum atomic E-state index is 4.23. The Bertz CT molecular complexity index is 1370. The van der Waals surface area contributed by atoms with Gasteiger partial charge in [-0.15, -0.1) is 0 Å². The smallest absolute Gasteiger partial charge is 0.0476 e. The minimum atomic E-state index is 0.283. The first-order valence-electron chi connectivity index (χ1n) is 20.5. The molecule has 1 N–H and O–H groups in total. The SMILES string of the molecule is CC1C=CCC(N(C2=CCCCC2)C2C=CC3C4C=CC(NC5CC=C[C@H](C)C5)CC4C4(C5=CCCCC5C5CCCC=C54)C3C2)C1. The molecule has 2 fully saturated rings. The molecule has 0 aromatic rings. The highest BCUT2D eigenvalue weighted by atomic mass is 15.2. The number of rotatable bonds is 5. The van der Waals surface area contributed by atoms with Crippen LogP contribution in [0.15, 0.2) is 83.7 Å². The van der Waals surface area contributed by atoms with Crippen molar-refractivity contribution in [2.75, 3.05) is 0 Å². The Kier molecular flexibility index (Phi) is 8.35. The average molecular weight is 631 g/mol. The van der Waals surface area contributed by atoms with E-state index in [4.69, 9.17) is 0 Å². The number of hydrogen-bond donors (Lipinski definition) is 1. The maximum Gasteiger partial charge on any atom is 0.0476 e. The van der Waals surface area contributed by atoms with Crippen LogP contribution in [-0.2, 0) is 0 Å². The van der Waals surface area contributed by atoms with Gasteiger partial charge in [-0.2, -0.15) is 0 Å². The Morgan fingerprint density at radius 1 is 0.660 bits per heavy atom. The topological polar surface area (TPSA) is 15.3 Å². The van der Waals surface area contributed by atoms with Crippen LogP contribution in [0.5, 0.6) is 0 Å². The fourth-order valence-electron chi connectivity index (χ4n) is 13.4. The van der Waals surface area contributed by atoms with Crippen molar-refractivity contribution in [1.82, 2.24) is 10.2 Å². The Labute approximate surface area is 286 Å². The second-order valence-electron chi connectivity index (χ2n) is 17.7. The van der Waals surface area contributed by atoms with Gasteiger partial charge in [0.05, 0.1) is 0 Å². The van der Waals surface area contributed by atoms with Crippen molar-refractivity contribution in [2.45, 2.75) is 141 Å². The van der Waals surface area contributed by atoms with Crippen molar-refractivity contribution in [3.05, 3.63) is 83.7 Å². The molecule has 9 rings (SSSR count). The quantitative estimate of drug-likeness (QED) is 0.304. The number of fused-ring (bicyclic) bond motifs is 10. The van der Waals surface area contributed by atoms with Crippen LogP contribution in [0.4, 0.5) is 0 Å². The minimum Gasteiger partial charge on any atom is -0.365 e. The molecule has 12 atom stereocenters. The zero-order valence-corrected chi connectivity index (χ0v) is 29.5. The Morgan fingerprint density at radius 3 is 2.04 bits per heavy atom. The summed E-state index contributed by atoms with van der Waals surface area (Å²) in [7, 11) is 0. The van der Waals surface area contributed by atoms with E-state index in [9.17, 15) is 0 Å². The summed E-state index contributed by atoms with van der Waals surface area (Å²) >= 11 is 0. The fraction of sp³-hybridized carbons (Fsp3) is 0.689. The zero-order chi connectivity index (χ0) is 31.5. The molecule has 0 radical (unpaired) electrons. The number of hydrogen-bond acceptors (Lipinski definition) is 2. The highest BCUT2D eigenvalue weighted by molar-refractivity contribution is 5.49. The van der Waals surface area contributed by atoms with E-state index < -0.39 is 0 Å². The summed E-state index contributed by atoms with van der Waals surface area (Å²) in [6.07, 6.45) is 50.5. The highest BCUT2D eigenvalue weighted by Crippen LogP contribution is 2.75. The molecule has 0 heterocycles. The van der Waals surface area contributed by atoms with E-state index in [0.29, 0.717) is 47.8 Å². The monoisotopic (exact) mass is 630 g/mol. The Balaban J connectivity index is 1.11. The molecule has 0 aliphatic heterocycles. The van der Waals surface area contributed by atoms with Gasteiger partial charge in [0.25, 0.3) is 0 Å². The van der Waals surface area contributed by atoms with Crippen LogP contribution in [0.1, 0.15) is 117 Å². The maximum absolute atomic E-state index is 4.23. The highest BCUT2D eigenvalue weighted by Gasteiger charge is 2.68. The molecule has 9 aliphatic rings. The molecule has 0 aromatic heterocycles. The fourth-order valence-corrected chi connectivity index (χ4v) is 13.4. The third-order valence-corrected chi connectivity index (χ3v) is 14.9. The molecule has 1 spiro atoms. The van der Waals surface area contributed by atoms with E-state index in [2.05, 4.69) is 90.9 Å². The summed E-state index contributed by atoms with van der Waals surface area (Å²) in [5.74, 6) is 5.87. The second-order valence-corrected chi connectivity index (χ2v) is 17.7. The van der Waals surface area contributed by atoms with Crippen LogP contribution in [0, 0.1) is 52.8 Å². The van der Waals surface area contributed by atoms with E-state index in [-0.39, 0.29) is 5.41 Å². The predicted molar refractivity (Wildman–Crippen MR) is 197 cm³/mol. The van der Waals surface area contributed by atoms with Gasteiger partial charge in [0, 0.05) is 35.3 Å². The zero-order valence-electron chi connectivity index (χ0n) is 29.5. The van der Waals surface area contributed by atoms with Gasteiger partial charge in [-0.3, -0.25) is 0 Å². The van der Waals surface area contributed by atoms with Crippen molar-refractivity contribution in [3.63, 3.8) is 0 Å². The van der Waals surface area contributed by atoms with E-state index in [1.165, 1.54) is 103 Å². The van der Waals surface area contributed by atoms with Crippen molar-refractivity contribution in [2.24, 2.45) is 52.8 Å². The largest absolute Gasteiger partial charge is 0.365 e. The Hall–Kier alpha value is -2.06. The molecule has 11 unspecified atom stereocenters. The molecule has 2 heteroatoms. The van der Waals surface area contributed by atoms with Crippen molar-refractivity contribution in [1.29, 1.82) is 0 Å². The van der Waals surface area contributed by atoms with Crippen LogP contribution in [0.2, 0.25) is 0 Å². The van der Waals surface area contributed by atoms with Gasteiger partial charge in [0.1, 0.15) is 0 Å². The van der Waals surface area contributed by atoms with Crippen LogP contribution in [0.25, 0.3) is 0 Å².